The molecule has 1 aliphatic rings. The fraction of sp³-hybridized carbons (Fsp3) is 0.579. The van der Waals surface area contributed by atoms with Crippen LogP contribution in [0.25, 0.3) is 0 Å². The molecular formula is C19H26FNO4. The minimum Gasteiger partial charge on any atom is -0.469 e. The first-order valence-corrected chi connectivity index (χ1v) is 8.46. The lowest BCUT2D eigenvalue weighted by molar-refractivity contribution is -0.142. The molecule has 6 heteroatoms. The third-order valence-corrected chi connectivity index (χ3v) is 4.54. The molecular weight excluding hydrogens is 325 g/mol. The second kappa shape index (κ2) is 7.42. The Morgan fingerprint density at radius 3 is 2.20 bits per heavy atom. The summed E-state index contributed by atoms with van der Waals surface area (Å²) in [5.74, 6) is -0.627. The molecule has 0 N–H and O–H groups in total. The van der Waals surface area contributed by atoms with Gasteiger partial charge in [-0.3, -0.25) is 4.79 Å². The maximum absolute atomic E-state index is 13.3. The van der Waals surface area contributed by atoms with Gasteiger partial charge in [0.2, 0.25) is 0 Å². The van der Waals surface area contributed by atoms with E-state index in [4.69, 9.17) is 9.47 Å². The second-order valence-electron chi connectivity index (χ2n) is 7.51. The second-order valence-corrected chi connectivity index (χ2v) is 7.51. The van der Waals surface area contributed by atoms with Crippen molar-refractivity contribution in [3.8, 4) is 0 Å². The molecule has 1 fully saturated rings. The number of ether oxygens (including phenoxy) is 2. The summed E-state index contributed by atoms with van der Waals surface area (Å²) in [5.41, 5.74) is -0.114. The van der Waals surface area contributed by atoms with E-state index in [1.807, 2.05) is 20.8 Å². The number of halogens is 1. The predicted molar refractivity (Wildman–Crippen MR) is 91.8 cm³/mol. The standard InChI is InChI=1S/C19H26FNO4/c1-18(2,3)25-17(23)21-11-9-19(10-12-21,13-16(22)24-4)14-5-7-15(20)8-6-14/h5-8H,9-13H2,1-4H3. The lowest BCUT2D eigenvalue weighted by atomic mass is 9.70. The third kappa shape index (κ3) is 4.94. The van der Waals surface area contributed by atoms with Crippen LogP contribution in [0.4, 0.5) is 9.18 Å². The maximum Gasteiger partial charge on any atom is 0.410 e. The van der Waals surface area contributed by atoms with Crippen molar-refractivity contribution in [2.45, 2.75) is 51.0 Å². The zero-order chi connectivity index (χ0) is 18.7. The fourth-order valence-corrected chi connectivity index (χ4v) is 3.16. The summed E-state index contributed by atoms with van der Waals surface area (Å²) in [7, 11) is 1.36. The van der Waals surface area contributed by atoms with Crippen LogP contribution in [0.3, 0.4) is 0 Å². The molecule has 1 aliphatic heterocycles. The topological polar surface area (TPSA) is 55.8 Å². The van der Waals surface area contributed by atoms with Crippen LogP contribution in [-0.4, -0.2) is 42.8 Å². The lowest BCUT2D eigenvalue weighted by Gasteiger charge is -2.41. The highest BCUT2D eigenvalue weighted by Crippen LogP contribution is 2.39. The molecule has 2 rings (SSSR count). The summed E-state index contributed by atoms with van der Waals surface area (Å²) in [6.45, 7) is 6.44. The fourth-order valence-electron chi connectivity index (χ4n) is 3.16. The smallest absolute Gasteiger partial charge is 0.410 e. The van der Waals surface area contributed by atoms with E-state index in [2.05, 4.69) is 0 Å². The Morgan fingerprint density at radius 1 is 1.16 bits per heavy atom. The van der Waals surface area contributed by atoms with E-state index in [1.54, 1.807) is 17.0 Å². The molecule has 1 aromatic carbocycles. The molecule has 0 aliphatic carbocycles. The molecule has 1 amide bonds. The number of benzene rings is 1. The lowest BCUT2D eigenvalue weighted by Crippen LogP contribution is -2.47. The van der Waals surface area contributed by atoms with Crippen LogP contribution in [0.1, 0.15) is 45.6 Å². The van der Waals surface area contributed by atoms with Crippen LogP contribution in [0.15, 0.2) is 24.3 Å². The largest absolute Gasteiger partial charge is 0.469 e. The van der Waals surface area contributed by atoms with Gasteiger partial charge in [-0.25, -0.2) is 9.18 Å². The Labute approximate surface area is 148 Å². The molecule has 5 nitrogen and oxygen atoms in total. The van der Waals surface area contributed by atoms with Gasteiger partial charge in [0, 0.05) is 18.5 Å². The Hall–Kier alpha value is -2.11. The first kappa shape index (κ1) is 19.2. The summed E-state index contributed by atoms with van der Waals surface area (Å²) in [6.07, 6.45) is 1.04. The van der Waals surface area contributed by atoms with Crippen LogP contribution in [0.5, 0.6) is 0 Å². The zero-order valence-corrected chi connectivity index (χ0v) is 15.3. The van der Waals surface area contributed by atoms with Crippen molar-refractivity contribution < 1.29 is 23.5 Å². The molecule has 0 aromatic heterocycles. The van der Waals surface area contributed by atoms with Crippen LogP contribution >= 0.6 is 0 Å². The highest BCUT2D eigenvalue weighted by atomic mass is 19.1. The van der Waals surface area contributed by atoms with Gasteiger partial charge in [-0.1, -0.05) is 12.1 Å². The van der Waals surface area contributed by atoms with Gasteiger partial charge in [-0.15, -0.1) is 0 Å². The van der Waals surface area contributed by atoms with Crippen molar-refractivity contribution in [1.29, 1.82) is 0 Å². The summed E-state index contributed by atoms with van der Waals surface area (Å²) < 4.78 is 23.5. The number of likely N-dealkylation sites (tertiary alicyclic amines) is 1. The Bertz CT molecular complexity index is 613. The summed E-state index contributed by atoms with van der Waals surface area (Å²) in [4.78, 5) is 25.8. The number of rotatable bonds is 3. The SMILES string of the molecule is COC(=O)CC1(c2ccc(F)cc2)CCN(C(=O)OC(C)(C)C)CC1. The molecule has 138 valence electrons. The van der Waals surface area contributed by atoms with Gasteiger partial charge in [-0.05, 0) is 51.3 Å². The number of piperidine rings is 1. The number of amides is 1. The highest BCUT2D eigenvalue weighted by Gasteiger charge is 2.40. The first-order chi connectivity index (χ1) is 11.6. The highest BCUT2D eigenvalue weighted by molar-refractivity contribution is 5.72. The normalized spacial score (nSPS) is 17.1. The number of carbonyl (C=O) groups excluding carboxylic acids is 2. The van der Waals surface area contributed by atoms with E-state index in [9.17, 15) is 14.0 Å². The number of nitrogens with zero attached hydrogens (tertiary/aromatic N) is 1. The van der Waals surface area contributed by atoms with Gasteiger partial charge in [0.05, 0.1) is 13.5 Å². The summed E-state index contributed by atoms with van der Waals surface area (Å²) >= 11 is 0. The molecule has 25 heavy (non-hydrogen) atoms. The van der Waals surface area contributed by atoms with Gasteiger partial charge in [0.1, 0.15) is 11.4 Å². The van der Waals surface area contributed by atoms with E-state index < -0.39 is 11.0 Å². The molecule has 0 unspecified atom stereocenters. The van der Waals surface area contributed by atoms with Crippen molar-refractivity contribution in [3.63, 3.8) is 0 Å². The van der Waals surface area contributed by atoms with E-state index >= 15 is 0 Å². The van der Waals surface area contributed by atoms with Crippen molar-refractivity contribution in [3.05, 3.63) is 35.6 Å². The Kier molecular flexibility index (Phi) is 5.70. The molecule has 1 heterocycles. The molecule has 1 aromatic rings. The minimum absolute atomic E-state index is 0.206. The molecule has 0 spiro atoms. The van der Waals surface area contributed by atoms with E-state index in [0.717, 1.165) is 5.56 Å². The van der Waals surface area contributed by atoms with Crippen molar-refractivity contribution in [2.75, 3.05) is 20.2 Å². The van der Waals surface area contributed by atoms with Gasteiger partial charge in [0.15, 0.2) is 0 Å². The number of methoxy groups -OCH3 is 1. The number of hydrogen-bond donors (Lipinski definition) is 0. The van der Waals surface area contributed by atoms with Crippen LogP contribution in [0, 0.1) is 5.82 Å². The molecule has 1 saturated heterocycles. The molecule has 0 radical (unpaired) electrons. The Morgan fingerprint density at radius 2 is 1.72 bits per heavy atom. The van der Waals surface area contributed by atoms with Gasteiger partial charge in [0.25, 0.3) is 0 Å². The van der Waals surface area contributed by atoms with Crippen molar-refractivity contribution >= 4 is 12.1 Å². The third-order valence-electron chi connectivity index (χ3n) is 4.54. The average Bonchev–Trinajstić information content (AvgIpc) is 2.54. The van der Waals surface area contributed by atoms with E-state index in [0.29, 0.717) is 25.9 Å². The predicted octanol–water partition coefficient (Wildman–Crippen LogP) is 3.66. The van der Waals surface area contributed by atoms with Crippen LogP contribution in [0.2, 0.25) is 0 Å². The van der Waals surface area contributed by atoms with Gasteiger partial charge >= 0.3 is 12.1 Å². The monoisotopic (exact) mass is 351 g/mol. The van der Waals surface area contributed by atoms with Gasteiger partial charge < -0.3 is 14.4 Å². The molecule has 0 atom stereocenters. The van der Waals surface area contributed by atoms with Crippen molar-refractivity contribution in [2.24, 2.45) is 0 Å². The maximum atomic E-state index is 13.3. The van der Waals surface area contributed by atoms with E-state index in [-0.39, 0.29) is 24.3 Å². The van der Waals surface area contributed by atoms with Crippen LogP contribution in [-0.2, 0) is 19.7 Å². The number of hydrogen-bond acceptors (Lipinski definition) is 4. The summed E-state index contributed by atoms with van der Waals surface area (Å²) in [5, 5.41) is 0. The average molecular weight is 351 g/mol. The quantitative estimate of drug-likeness (QED) is 0.780. The number of esters is 1. The van der Waals surface area contributed by atoms with Crippen molar-refractivity contribution in [1.82, 2.24) is 4.90 Å². The van der Waals surface area contributed by atoms with Crippen LogP contribution < -0.4 is 0 Å². The zero-order valence-electron chi connectivity index (χ0n) is 15.3. The first-order valence-electron chi connectivity index (χ1n) is 8.46. The van der Waals surface area contributed by atoms with Gasteiger partial charge in [-0.2, -0.15) is 0 Å². The Balaban J connectivity index is 2.16. The molecule has 0 saturated carbocycles. The number of carbonyl (C=O) groups is 2. The minimum atomic E-state index is -0.547. The molecule has 0 bridgehead atoms. The van der Waals surface area contributed by atoms with E-state index in [1.165, 1.54) is 19.2 Å². The summed E-state index contributed by atoms with van der Waals surface area (Å²) in [6, 6.07) is 6.21.